The second-order valence-corrected chi connectivity index (χ2v) is 6.08. The molecule has 4 heteroatoms. The predicted octanol–water partition coefficient (Wildman–Crippen LogP) is 2.18. The number of aromatic nitrogens is 1. The molecule has 0 spiro atoms. The number of nitrogens with zero attached hydrogens (tertiary/aromatic N) is 2. The Labute approximate surface area is 120 Å². The van der Waals surface area contributed by atoms with E-state index in [9.17, 15) is 4.79 Å². The molecule has 1 aliphatic carbocycles. The second kappa shape index (κ2) is 5.52. The third-order valence-electron chi connectivity index (χ3n) is 4.94. The molecule has 1 aliphatic heterocycles. The van der Waals surface area contributed by atoms with E-state index in [0.717, 1.165) is 31.5 Å². The molecule has 20 heavy (non-hydrogen) atoms. The molecule has 3 rings (SSSR count). The minimum Gasteiger partial charge on any atom is -0.383 e. The van der Waals surface area contributed by atoms with Crippen molar-refractivity contribution >= 4 is 11.6 Å². The number of rotatable bonds is 4. The molecule has 1 saturated heterocycles. The lowest BCUT2D eigenvalue weighted by atomic mass is 9.86. The van der Waals surface area contributed by atoms with Crippen LogP contribution in [0.2, 0.25) is 0 Å². The van der Waals surface area contributed by atoms with E-state index in [1.54, 1.807) is 6.20 Å². The predicted molar refractivity (Wildman–Crippen MR) is 79.4 cm³/mol. The number of nitrogen functional groups attached to an aromatic ring is 1. The van der Waals surface area contributed by atoms with Gasteiger partial charge in [0, 0.05) is 18.2 Å². The van der Waals surface area contributed by atoms with Crippen LogP contribution in [0.4, 0.5) is 5.82 Å². The number of pyridine rings is 1. The average Bonchev–Trinajstić information content (AvgIpc) is 3.12. The van der Waals surface area contributed by atoms with Gasteiger partial charge in [0.1, 0.15) is 5.82 Å². The van der Waals surface area contributed by atoms with Gasteiger partial charge < -0.3 is 5.73 Å². The van der Waals surface area contributed by atoms with Gasteiger partial charge in [-0.05, 0) is 44.8 Å². The van der Waals surface area contributed by atoms with Gasteiger partial charge in [-0.3, -0.25) is 9.69 Å². The van der Waals surface area contributed by atoms with Crippen molar-refractivity contribution in [2.24, 2.45) is 0 Å². The van der Waals surface area contributed by atoms with Crippen LogP contribution in [-0.2, 0) is 11.2 Å². The van der Waals surface area contributed by atoms with Crippen molar-refractivity contribution in [3.05, 3.63) is 23.9 Å². The molecular formula is C16H23N3O. The highest BCUT2D eigenvalue weighted by Gasteiger charge is 2.46. The summed E-state index contributed by atoms with van der Waals surface area (Å²) in [7, 11) is 0. The van der Waals surface area contributed by atoms with Crippen LogP contribution >= 0.6 is 0 Å². The summed E-state index contributed by atoms with van der Waals surface area (Å²) in [4.78, 5) is 19.5. The maximum Gasteiger partial charge on any atom is 0.157 e. The number of Topliss-reactive ketones (excluding diaryl/α,β-unsaturated/α-hetero) is 1. The Morgan fingerprint density at radius 1 is 1.25 bits per heavy atom. The number of nitrogens with two attached hydrogens (primary N) is 1. The van der Waals surface area contributed by atoms with Crippen LogP contribution in [0.3, 0.4) is 0 Å². The molecule has 2 aliphatic rings. The fourth-order valence-electron chi connectivity index (χ4n) is 3.81. The first kappa shape index (κ1) is 13.6. The molecular weight excluding hydrogens is 250 g/mol. The summed E-state index contributed by atoms with van der Waals surface area (Å²) in [5, 5.41) is 0. The maximum absolute atomic E-state index is 13.0. The molecule has 1 aromatic rings. The first-order chi connectivity index (χ1) is 9.72. The zero-order valence-corrected chi connectivity index (χ0v) is 12.0. The molecule has 2 heterocycles. The van der Waals surface area contributed by atoms with Crippen molar-refractivity contribution < 1.29 is 4.79 Å². The molecule has 0 amide bonds. The molecule has 4 nitrogen and oxygen atoms in total. The minimum atomic E-state index is -0.210. The van der Waals surface area contributed by atoms with Gasteiger partial charge in [0.15, 0.2) is 5.78 Å². The number of hydrogen-bond donors (Lipinski definition) is 1. The number of anilines is 1. The molecule has 1 aromatic heterocycles. The first-order valence-corrected chi connectivity index (χ1v) is 7.70. The first-order valence-electron chi connectivity index (χ1n) is 7.70. The van der Waals surface area contributed by atoms with Gasteiger partial charge >= 0.3 is 0 Å². The maximum atomic E-state index is 13.0. The molecule has 2 fully saturated rings. The Morgan fingerprint density at radius 3 is 2.60 bits per heavy atom. The van der Waals surface area contributed by atoms with Crippen molar-refractivity contribution in [2.75, 3.05) is 18.8 Å². The highest BCUT2D eigenvalue weighted by Crippen LogP contribution is 2.39. The average molecular weight is 273 g/mol. The molecule has 0 atom stereocenters. The van der Waals surface area contributed by atoms with E-state index >= 15 is 0 Å². The summed E-state index contributed by atoms with van der Waals surface area (Å²) in [6.07, 6.45) is 8.94. The zero-order valence-electron chi connectivity index (χ0n) is 12.0. The number of ketones is 1. The molecule has 0 bridgehead atoms. The van der Waals surface area contributed by atoms with Crippen LogP contribution < -0.4 is 5.73 Å². The Kier molecular flexibility index (Phi) is 3.74. The highest BCUT2D eigenvalue weighted by atomic mass is 16.1. The van der Waals surface area contributed by atoms with E-state index in [-0.39, 0.29) is 5.54 Å². The molecule has 0 aromatic carbocycles. The smallest absolute Gasteiger partial charge is 0.157 e. The number of carbonyl (C=O) groups is 1. The Morgan fingerprint density at radius 2 is 1.95 bits per heavy atom. The lowest BCUT2D eigenvalue weighted by molar-refractivity contribution is -0.129. The standard InChI is InChI=1S/C16H23N3O/c17-15-13(6-5-9-18-15)12-14(20)16(7-1-2-8-16)19-10-3-4-11-19/h5-6,9H,1-4,7-8,10-12H2,(H2,17,18). The van der Waals surface area contributed by atoms with Gasteiger partial charge in [0.2, 0.25) is 0 Å². The van der Waals surface area contributed by atoms with Gasteiger partial charge in [-0.25, -0.2) is 4.98 Å². The van der Waals surface area contributed by atoms with Crippen molar-refractivity contribution in [1.29, 1.82) is 0 Å². The van der Waals surface area contributed by atoms with Crippen LogP contribution in [0.25, 0.3) is 0 Å². The summed E-state index contributed by atoms with van der Waals surface area (Å²) in [5.41, 5.74) is 6.56. The van der Waals surface area contributed by atoms with Gasteiger partial charge in [-0.1, -0.05) is 18.9 Å². The molecule has 1 saturated carbocycles. The molecule has 108 valence electrons. The lowest BCUT2D eigenvalue weighted by Gasteiger charge is -2.37. The highest BCUT2D eigenvalue weighted by molar-refractivity contribution is 5.91. The van der Waals surface area contributed by atoms with Crippen molar-refractivity contribution in [2.45, 2.75) is 50.5 Å². The fourth-order valence-corrected chi connectivity index (χ4v) is 3.81. The Bertz CT molecular complexity index is 488. The van der Waals surface area contributed by atoms with Crippen molar-refractivity contribution in [3.63, 3.8) is 0 Å². The minimum absolute atomic E-state index is 0.210. The second-order valence-electron chi connectivity index (χ2n) is 6.08. The third kappa shape index (κ3) is 2.33. The number of hydrogen-bond acceptors (Lipinski definition) is 4. The van der Waals surface area contributed by atoms with Crippen molar-refractivity contribution in [3.8, 4) is 0 Å². The summed E-state index contributed by atoms with van der Waals surface area (Å²) >= 11 is 0. The van der Waals surface area contributed by atoms with Gasteiger partial charge in [0.05, 0.1) is 5.54 Å². The van der Waals surface area contributed by atoms with E-state index in [0.29, 0.717) is 18.0 Å². The largest absolute Gasteiger partial charge is 0.383 e. The fraction of sp³-hybridized carbons (Fsp3) is 0.625. The summed E-state index contributed by atoms with van der Waals surface area (Å²) in [6.45, 7) is 2.16. The van der Waals surface area contributed by atoms with Crippen LogP contribution in [-0.4, -0.2) is 34.3 Å². The van der Waals surface area contributed by atoms with E-state index < -0.39 is 0 Å². The quantitative estimate of drug-likeness (QED) is 0.913. The normalized spacial score (nSPS) is 22.2. The van der Waals surface area contributed by atoms with E-state index in [1.807, 2.05) is 12.1 Å². The Balaban J connectivity index is 1.81. The topological polar surface area (TPSA) is 59.2 Å². The SMILES string of the molecule is Nc1ncccc1CC(=O)C1(N2CCCC2)CCCC1. The van der Waals surface area contributed by atoms with E-state index in [4.69, 9.17) is 5.73 Å². The van der Waals surface area contributed by atoms with Gasteiger partial charge in [0.25, 0.3) is 0 Å². The molecule has 0 unspecified atom stereocenters. The summed E-state index contributed by atoms with van der Waals surface area (Å²) in [6, 6.07) is 3.78. The monoisotopic (exact) mass is 273 g/mol. The van der Waals surface area contributed by atoms with E-state index in [1.165, 1.54) is 25.7 Å². The lowest BCUT2D eigenvalue weighted by Crippen LogP contribution is -2.52. The van der Waals surface area contributed by atoms with E-state index in [2.05, 4.69) is 9.88 Å². The Hall–Kier alpha value is -1.42. The van der Waals surface area contributed by atoms with Crippen LogP contribution in [0, 0.1) is 0 Å². The summed E-state index contributed by atoms with van der Waals surface area (Å²) < 4.78 is 0. The third-order valence-corrected chi connectivity index (χ3v) is 4.94. The van der Waals surface area contributed by atoms with Crippen LogP contribution in [0.15, 0.2) is 18.3 Å². The molecule has 2 N–H and O–H groups in total. The van der Waals surface area contributed by atoms with Crippen LogP contribution in [0.5, 0.6) is 0 Å². The van der Waals surface area contributed by atoms with Crippen LogP contribution in [0.1, 0.15) is 44.1 Å². The number of likely N-dealkylation sites (tertiary alicyclic amines) is 1. The van der Waals surface area contributed by atoms with Gasteiger partial charge in [-0.2, -0.15) is 0 Å². The van der Waals surface area contributed by atoms with Gasteiger partial charge in [-0.15, -0.1) is 0 Å². The summed E-state index contributed by atoms with van der Waals surface area (Å²) in [5.74, 6) is 0.840. The number of carbonyl (C=O) groups excluding carboxylic acids is 1. The van der Waals surface area contributed by atoms with Crippen molar-refractivity contribution in [1.82, 2.24) is 9.88 Å². The molecule has 0 radical (unpaired) electrons. The zero-order chi connectivity index (χ0) is 14.0.